The van der Waals surface area contributed by atoms with Gasteiger partial charge in [-0.15, -0.1) is 0 Å². The first-order valence-corrected chi connectivity index (χ1v) is 27.9. The fourth-order valence-corrected chi connectivity index (χ4v) is 7.36. The molecule has 0 aliphatic carbocycles. The third-order valence-corrected chi connectivity index (χ3v) is 11.5. The Morgan fingerprint density at radius 2 is 0.574 bits per heavy atom. The highest BCUT2D eigenvalue weighted by Crippen LogP contribution is 2.14. The maximum absolute atomic E-state index is 12.8. The topological polar surface area (TPSA) is 78.9 Å². The van der Waals surface area contributed by atoms with Crippen LogP contribution in [0.1, 0.15) is 245 Å². The van der Waals surface area contributed by atoms with Gasteiger partial charge in [-0.1, -0.05) is 214 Å². The lowest BCUT2D eigenvalue weighted by molar-refractivity contribution is -0.167. The molecule has 0 saturated carbocycles. The van der Waals surface area contributed by atoms with Crippen molar-refractivity contribution in [3.8, 4) is 0 Å². The molecular formula is C62H102O6. The van der Waals surface area contributed by atoms with Crippen molar-refractivity contribution in [2.45, 2.75) is 252 Å². The molecule has 0 amide bonds. The van der Waals surface area contributed by atoms with Gasteiger partial charge in [0.05, 0.1) is 0 Å². The molecule has 6 heteroatoms. The standard InChI is InChI=1S/C62H102O6/c1-4-7-10-13-16-19-22-25-28-29-30-31-32-33-35-37-40-43-46-49-52-55-61(64)67-58-59(57-66-60(63)54-51-48-45-42-39-36-27-24-21-18-15-12-9-6-3)68-62(65)56-53-50-47-44-41-38-34-26-23-20-17-14-11-8-5-2/h7-8,10-11,16-17,19-20,24-28,30-31,34,41,44,59H,4-6,9,12-15,18,21-23,29,32-33,35-40,42-43,45-58H2,1-3H3/b10-7-,11-8-,19-16-,20-17-,27-24-,28-25-,31-30-,34-26-,44-41-. The number of hydrogen-bond donors (Lipinski definition) is 0. The molecule has 0 rings (SSSR count). The first kappa shape index (κ1) is 64.1. The number of rotatable bonds is 49. The number of hydrogen-bond acceptors (Lipinski definition) is 6. The van der Waals surface area contributed by atoms with Gasteiger partial charge < -0.3 is 14.2 Å². The molecule has 0 aliphatic rings. The molecule has 0 aromatic rings. The van der Waals surface area contributed by atoms with E-state index in [0.29, 0.717) is 19.3 Å². The van der Waals surface area contributed by atoms with Gasteiger partial charge in [-0.3, -0.25) is 14.4 Å². The van der Waals surface area contributed by atoms with Gasteiger partial charge in [-0.05, 0) is 122 Å². The van der Waals surface area contributed by atoms with Crippen LogP contribution in [0.3, 0.4) is 0 Å². The van der Waals surface area contributed by atoms with E-state index >= 15 is 0 Å². The Morgan fingerprint density at radius 1 is 0.309 bits per heavy atom. The molecule has 0 bridgehead atoms. The molecule has 0 aromatic heterocycles. The average molecular weight is 943 g/mol. The monoisotopic (exact) mass is 943 g/mol. The van der Waals surface area contributed by atoms with Crippen LogP contribution in [-0.4, -0.2) is 37.2 Å². The third kappa shape index (κ3) is 53.0. The van der Waals surface area contributed by atoms with Crippen molar-refractivity contribution in [2.75, 3.05) is 13.2 Å². The van der Waals surface area contributed by atoms with Crippen molar-refractivity contribution in [1.29, 1.82) is 0 Å². The van der Waals surface area contributed by atoms with Crippen LogP contribution in [0, 0.1) is 0 Å². The maximum atomic E-state index is 12.8. The zero-order valence-corrected chi connectivity index (χ0v) is 44.1. The van der Waals surface area contributed by atoms with Gasteiger partial charge in [0.1, 0.15) is 13.2 Å². The Morgan fingerprint density at radius 3 is 0.941 bits per heavy atom. The highest BCUT2D eigenvalue weighted by molar-refractivity contribution is 5.71. The highest BCUT2D eigenvalue weighted by Gasteiger charge is 2.19. The number of carbonyl (C=O) groups is 3. The maximum Gasteiger partial charge on any atom is 0.306 e. The number of carbonyl (C=O) groups excluding carboxylic acids is 3. The lowest BCUT2D eigenvalue weighted by atomic mass is 10.1. The fraction of sp³-hybridized carbons (Fsp3) is 0.661. The van der Waals surface area contributed by atoms with Crippen molar-refractivity contribution in [3.63, 3.8) is 0 Å². The van der Waals surface area contributed by atoms with Crippen LogP contribution in [0.25, 0.3) is 0 Å². The SMILES string of the molecule is CC/C=C\C/C=C\C/C=C\C/C=C\CCCCCCCCCCC(=O)OCC(COC(=O)CCCCCCC/C=C\CCCCCCC)OC(=O)CCCC/C=C\C/C=C\C/C=C\C/C=C\CC. The molecule has 1 atom stereocenters. The summed E-state index contributed by atoms with van der Waals surface area (Å²) in [6.45, 7) is 6.35. The Bertz CT molecular complexity index is 1410. The summed E-state index contributed by atoms with van der Waals surface area (Å²) in [6.07, 6.45) is 75.0. The first-order valence-electron chi connectivity index (χ1n) is 27.9. The van der Waals surface area contributed by atoms with E-state index in [1.54, 1.807) is 0 Å². The van der Waals surface area contributed by atoms with Gasteiger partial charge in [-0.25, -0.2) is 0 Å². The minimum atomic E-state index is -0.808. The molecule has 1 unspecified atom stereocenters. The van der Waals surface area contributed by atoms with Gasteiger partial charge in [-0.2, -0.15) is 0 Å². The van der Waals surface area contributed by atoms with E-state index in [0.717, 1.165) is 122 Å². The normalized spacial score (nSPS) is 12.9. The molecule has 0 fully saturated rings. The average Bonchev–Trinajstić information content (AvgIpc) is 3.34. The number of unbranched alkanes of at least 4 members (excludes halogenated alkanes) is 20. The second kappa shape index (κ2) is 55.7. The largest absolute Gasteiger partial charge is 0.462 e. The highest BCUT2D eigenvalue weighted by atomic mass is 16.6. The van der Waals surface area contributed by atoms with E-state index in [9.17, 15) is 14.4 Å². The molecule has 6 nitrogen and oxygen atoms in total. The quantitative estimate of drug-likeness (QED) is 0.0262. The predicted molar refractivity (Wildman–Crippen MR) is 293 cm³/mol. The molecule has 386 valence electrons. The van der Waals surface area contributed by atoms with Crippen LogP contribution >= 0.6 is 0 Å². The number of allylic oxidation sites excluding steroid dienone is 18. The van der Waals surface area contributed by atoms with Crippen molar-refractivity contribution in [3.05, 3.63) is 109 Å². The number of esters is 3. The lowest BCUT2D eigenvalue weighted by Crippen LogP contribution is -2.30. The minimum Gasteiger partial charge on any atom is -0.462 e. The van der Waals surface area contributed by atoms with Crippen molar-refractivity contribution < 1.29 is 28.6 Å². The van der Waals surface area contributed by atoms with Gasteiger partial charge in [0.25, 0.3) is 0 Å². The molecule has 0 spiro atoms. The van der Waals surface area contributed by atoms with Crippen LogP contribution in [0.15, 0.2) is 109 Å². The summed E-state index contributed by atoms with van der Waals surface area (Å²) in [5.41, 5.74) is 0. The van der Waals surface area contributed by atoms with Crippen LogP contribution in [-0.2, 0) is 28.6 Å². The van der Waals surface area contributed by atoms with E-state index < -0.39 is 6.10 Å². The van der Waals surface area contributed by atoms with Crippen LogP contribution in [0.5, 0.6) is 0 Å². The third-order valence-electron chi connectivity index (χ3n) is 11.5. The Labute approximate surface area is 419 Å². The first-order chi connectivity index (χ1) is 33.5. The van der Waals surface area contributed by atoms with E-state index in [1.807, 2.05) is 0 Å². The molecular weight excluding hydrogens is 841 g/mol. The van der Waals surface area contributed by atoms with Gasteiger partial charge in [0, 0.05) is 19.3 Å². The minimum absolute atomic E-state index is 0.103. The van der Waals surface area contributed by atoms with Crippen molar-refractivity contribution >= 4 is 17.9 Å². The van der Waals surface area contributed by atoms with Crippen LogP contribution in [0.4, 0.5) is 0 Å². The zero-order valence-electron chi connectivity index (χ0n) is 44.1. The summed E-state index contributed by atoms with van der Waals surface area (Å²) < 4.78 is 16.8. The van der Waals surface area contributed by atoms with E-state index in [-0.39, 0.29) is 37.5 Å². The van der Waals surface area contributed by atoms with Crippen LogP contribution in [0.2, 0.25) is 0 Å². The molecule has 0 N–H and O–H groups in total. The van der Waals surface area contributed by atoms with Gasteiger partial charge in [0.15, 0.2) is 6.10 Å². The van der Waals surface area contributed by atoms with E-state index in [2.05, 4.69) is 130 Å². The Balaban J connectivity index is 4.45. The summed E-state index contributed by atoms with van der Waals surface area (Å²) in [5.74, 6) is -0.962. The summed E-state index contributed by atoms with van der Waals surface area (Å²) >= 11 is 0. The summed E-state index contributed by atoms with van der Waals surface area (Å²) in [5, 5.41) is 0. The van der Waals surface area contributed by atoms with E-state index in [1.165, 1.54) is 77.0 Å². The molecule has 0 saturated heterocycles. The number of ether oxygens (including phenoxy) is 3. The second-order valence-electron chi connectivity index (χ2n) is 18.1. The smallest absolute Gasteiger partial charge is 0.306 e. The van der Waals surface area contributed by atoms with Crippen LogP contribution < -0.4 is 0 Å². The van der Waals surface area contributed by atoms with Gasteiger partial charge in [0.2, 0.25) is 0 Å². The molecule has 0 aromatic carbocycles. The summed E-state index contributed by atoms with van der Waals surface area (Å²) in [4.78, 5) is 38.1. The lowest BCUT2D eigenvalue weighted by Gasteiger charge is -2.18. The van der Waals surface area contributed by atoms with Crippen molar-refractivity contribution in [2.24, 2.45) is 0 Å². The summed E-state index contributed by atoms with van der Waals surface area (Å²) in [7, 11) is 0. The second-order valence-corrected chi connectivity index (χ2v) is 18.1. The van der Waals surface area contributed by atoms with E-state index in [4.69, 9.17) is 14.2 Å². The van der Waals surface area contributed by atoms with Gasteiger partial charge >= 0.3 is 17.9 Å². The molecule has 0 aliphatic heterocycles. The molecule has 68 heavy (non-hydrogen) atoms. The Kier molecular flexibility index (Phi) is 52.4. The summed E-state index contributed by atoms with van der Waals surface area (Å²) in [6, 6.07) is 0. The predicted octanol–water partition coefficient (Wildman–Crippen LogP) is 18.7. The Hall–Kier alpha value is -3.93. The zero-order chi connectivity index (χ0) is 49.3. The molecule has 0 heterocycles. The fourth-order valence-electron chi connectivity index (χ4n) is 7.36. The van der Waals surface area contributed by atoms with Crippen molar-refractivity contribution in [1.82, 2.24) is 0 Å². The molecule has 0 radical (unpaired) electrons.